The molecule has 1 aliphatic rings. The van der Waals surface area contributed by atoms with Gasteiger partial charge in [0, 0.05) is 6.54 Å². The Morgan fingerprint density at radius 2 is 2.00 bits per heavy atom. The standard InChI is InChI=1S/C13H25NO2/c1-10(2)5-7-14-8-6-13(9-14,11(3)4)12(15)16/h10-11H,5-9H2,1-4H3,(H,15,16). The molecule has 1 rings (SSSR count). The van der Waals surface area contributed by atoms with E-state index in [0.717, 1.165) is 32.5 Å². The lowest BCUT2D eigenvalue weighted by Gasteiger charge is -2.29. The predicted molar refractivity (Wildman–Crippen MR) is 65.4 cm³/mol. The highest BCUT2D eigenvalue weighted by Gasteiger charge is 2.46. The maximum absolute atomic E-state index is 11.4. The van der Waals surface area contributed by atoms with Crippen molar-refractivity contribution in [3.63, 3.8) is 0 Å². The van der Waals surface area contributed by atoms with Crippen molar-refractivity contribution in [3.05, 3.63) is 0 Å². The van der Waals surface area contributed by atoms with Crippen LogP contribution in [0, 0.1) is 17.3 Å². The van der Waals surface area contributed by atoms with Crippen molar-refractivity contribution in [3.8, 4) is 0 Å². The van der Waals surface area contributed by atoms with Crippen molar-refractivity contribution in [2.45, 2.75) is 40.5 Å². The second-order valence-electron chi connectivity index (χ2n) is 5.82. The molecule has 0 bridgehead atoms. The van der Waals surface area contributed by atoms with E-state index < -0.39 is 11.4 Å². The van der Waals surface area contributed by atoms with Crippen LogP contribution in [0.5, 0.6) is 0 Å². The third-order valence-corrected chi connectivity index (χ3v) is 3.93. The molecule has 0 radical (unpaired) electrons. The summed E-state index contributed by atoms with van der Waals surface area (Å²) < 4.78 is 0. The van der Waals surface area contributed by atoms with Crippen LogP contribution in [0.2, 0.25) is 0 Å². The first-order valence-corrected chi connectivity index (χ1v) is 6.34. The average molecular weight is 227 g/mol. The van der Waals surface area contributed by atoms with Crippen LogP contribution in [-0.2, 0) is 4.79 Å². The van der Waals surface area contributed by atoms with Crippen LogP contribution in [0.1, 0.15) is 40.5 Å². The zero-order valence-corrected chi connectivity index (χ0v) is 11.0. The van der Waals surface area contributed by atoms with E-state index in [-0.39, 0.29) is 5.92 Å². The minimum atomic E-state index is -0.616. The van der Waals surface area contributed by atoms with Gasteiger partial charge in [-0.05, 0) is 37.8 Å². The molecule has 16 heavy (non-hydrogen) atoms. The van der Waals surface area contributed by atoms with Gasteiger partial charge in [0.15, 0.2) is 0 Å². The largest absolute Gasteiger partial charge is 0.481 e. The molecule has 1 aliphatic heterocycles. The molecule has 3 nitrogen and oxygen atoms in total. The van der Waals surface area contributed by atoms with Gasteiger partial charge in [0.2, 0.25) is 0 Å². The first-order valence-electron chi connectivity index (χ1n) is 6.34. The smallest absolute Gasteiger partial charge is 0.311 e. The van der Waals surface area contributed by atoms with E-state index in [4.69, 9.17) is 0 Å². The zero-order chi connectivity index (χ0) is 12.3. The number of rotatable bonds is 5. The lowest BCUT2D eigenvalue weighted by atomic mass is 9.76. The van der Waals surface area contributed by atoms with Gasteiger partial charge in [-0.3, -0.25) is 4.79 Å². The van der Waals surface area contributed by atoms with E-state index in [0.29, 0.717) is 5.92 Å². The van der Waals surface area contributed by atoms with E-state index in [1.165, 1.54) is 0 Å². The lowest BCUT2D eigenvalue weighted by molar-refractivity contribution is -0.151. The summed E-state index contributed by atoms with van der Waals surface area (Å²) in [6.07, 6.45) is 1.96. The van der Waals surface area contributed by atoms with Crippen LogP contribution >= 0.6 is 0 Å². The summed E-state index contributed by atoms with van der Waals surface area (Å²) in [5.41, 5.74) is -0.503. The molecule has 0 amide bonds. The summed E-state index contributed by atoms with van der Waals surface area (Å²) in [4.78, 5) is 13.7. The highest BCUT2D eigenvalue weighted by molar-refractivity contribution is 5.75. The van der Waals surface area contributed by atoms with Gasteiger partial charge in [0.05, 0.1) is 5.41 Å². The molecule has 1 unspecified atom stereocenters. The maximum Gasteiger partial charge on any atom is 0.311 e. The first-order chi connectivity index (χ1) is 7.38. The van der Waals surface area contributed by atoms with Gasteiger partial charge in [-0.2, -0.15) is 0 Å². The molecule has 1 N–H and O–H groups in total. The fraction of sp³-hybridized carbons (Fsp3) is 0.923. The fourth-order valence-corrected chi connectivity index (χ4v) is 2.44. The highest BCUT2D eigenvalue weighted by Crippen LogP contribution is 2.38. The van der Waals surface area contributed by atoms with Crippen LogP contribution in [0.4, 0.5) is 0 Å². The molecule has 1 heterocycles. The Balaban J connectivity index is 2.57. The molecule has 0 aromatic rings. The maximum atomic E-state index is 11.4. The minimum Gasteiger partial charge on any atom is -0.481 e. The van der Waals surface area contributed by atoms with E-state index in [1.54, 1.807) is 0 Å². The molecule has 0 aromatic carbocycles. The summed E-state index contributed by atoms with van der Waals surface area (Å²) >= 11 is 0. The van der Waals surface area contributed by atoms with Crippen LogP contribution < -0.4 is 0 Å². The minimum absolute atomic E-state index is 0.217. The van der Waals surface area contributed by atoms with Crippen molar-refractivity contribution in [2.75, 3.05) is 19.6 Å². The second kappa shape index (κ2) is 5.17. The Bertz CT molecular complexity index is 250. The molecule has 0 spiro atoms. The number of carboxylic acid groups (broad SMARTS) is 1. The molecule has 1 atom stereocenters. The van der Waals surface area contributed by atoms with Crippen molar-refractivity contribution < 1.29 is 9.90 Å². The second-order valence-corrected chi connectivity index (χ2v) is 5.82. The Morgan fingerprint density at radius 3 is 2.38 bits per heavy atom. The Labute approximate surface area is 98.8 Å². The summed E-state index contributed by atoms with van der Waals surface area (Å²) in [7, 11) is 0. The first kappa shape index (κ1) is 13.5. The van der Waals surface area contributed by atoms with Gasteiger partial charge in [-0.1, -0.05) is 27.7 Å². The van der Waals surface area contributed by atoms with Gasteiger partial charge >= 0.3 is 5.97 Å². The number of hydrogen-bond acceptors (Lipinski definition) is 2. The van der Waals surface area contributed by atoms with Crippen LogP contribution in [0.3, 0.4) is 0 Å². The number of carbonyl (C=O) groups is 1. The Hall–Kier alpha value is -0.570. The van der Waals surface area contributed by atoms with E-state index in [9.17, 15) is 9.90 Å². The van der Waals surface area contributed by atoms with E-state index in [2.05, 4.69) is 18.7 Å². The number of nitrogens with zero attached hydrogens (tertiary/aromatic N) is 1. The highest BCUT2D eigenvalue weighted by atomic mass is 16.4. The van der Waals surface area contributed by atoms with Crippen LogP contribution in [0.15, 0.2) is 0 Å². The van der Waals surface area contributed by atoms with Gasteiger partial charge in [-0.25, -0.2) is 0 Å². The topological polar surface area (TPSA) is 40.5 Å². The fourth-order valence-electron chi connectivity index (χ4n) is 2.44. The predicted octanol–water partition coefficient (Wildman–Crippen LogP) is 2.47. The monoisotopic (exact) mass is 227 g/mol. The van der Waals surface area contributed by atoms with Gasteiger partial charge < -0.3 is 10.0 Å². The Morgan fingerprint density at radius 1 is 1.38 bits per heavy atom. The van der Waals surface area contributed by atoms with Gasteiger partial charge in [0.1, 0.15) is 0 Å². The van der Waals surface area contributed by atoms with Crippen molar-refractivity contribution in [1.82, 2.24) is 4.90 Å². The molecular formula is C13H25NO2. The van der Waals surface area contributed by atoms with Crippen molar-refractivity contribution >= 4 is 5.97 Å². The van der Waals surface area contributed by atoms with Crippen molar-refractivity contribution in [2.24, 2.45) is 17.3 Å². The quantitative estimate of drug-likeness (QED) is 0.784. The third kappa shape index (κ3) is 2.76. The van der Waals surface area contributed by atoms with Crippen molar-refractivity contribution in [1.29, 1.82) is 0 Å². The lowest BCUT2D eigenvalue weighted by Crippen LogP contribution is -2.39. The molecule has 0 aliphatic carbocycles. The molecule has 94 valence electrons. The molecule has 1 saturated heterocycles. The normalized spacial score (nSPS) is 26.9. The van der Waals surface area contributed by atoms with Crippen LogP contribution in [0.25, 0.3) is 0 Å². The van der Waals surface area contributed by atoms with E-state index in [1.807, 2.05) is 13.8 Å². The number of carboxylic acids is 1. The molecule has 0 aromatic heterocycles. The number of aliphatic carboxylic acids is 1. The summed E-state index contributed by atoms with van der Waals surface area (Å²) in [6.45, 7) is 11.2. The van der Waals surface area contributed by atoms with Gasteiger partial charge in [-0.15, -0.1) is 0 Å². The van der Waals surface area contributed by atoms with E-state index >= 15 is 0 Å². The number of hydrogen-bond donors (Lipinski definition) is 1. The van der Waals surface area contributed by atoms with Crippen LogP contribution in [-0.4, -0.2) is 35.6 Å². The number of likely N-dealkylation sites (tertiary alicyclic amines) is 1. The average Bonchev–Trinajstić information content (AvgIpc) is 2.59. The Kier molecular flexibility index (Phi) is 4.36. The molecule has 0 saturated carbocycles. The zero-order valence-electron chi connectivity index (χ0n) is 11.0. The third-order valence-electron chi connectivity index (χ3n) is 3.93. The van der Waals surface area contributed by atoms with Gasteiger partial charge in [0.25, 0.3) is 0 Å². The summed E-state index contributed by atoms with van der Waals surface area (Å²) in [5.74, 6) is 0.294. The molecule has 3 heteroatoms. The summed E-state index contributed by atoms with van der Waals surface area (Å²) in [5, 5.41) is 9.40. The molecule has 1 fully saturated rings. The summed E-state index contributed by atoms with van der Waals surface area (Å²) in [6, 6.07) is 0. The molecular weight excluding hydrogens is 202 g/mol. The SMILES string of the molecule is CC(C)CCN1CCC(C(=O)O)(C(C)C)C1.